The fourth-order valence-electron chi connectivity index (χ4n) is 3.20. The van der Waals surface area contributed by atoms with Crippen LogP contribution in [0.1, 0.15) is 48.9 Å². The predicted octanol–water partition coefficient (Wildman–Crippen LogP) is 3.27. The third-order valence-electron chi connectivity index (χ3n) is 4.74. The summed E-state index contributed by atoms with van der Waals surface area (Å²) in [6.07, 6.45) is 0.248. The van der Waals surface area contributed by atoms with Crippen molar-refractivity contribution in [2.24, 2.45) is 0 Å². The largest absolute Gasteiger partial charge is 0.457 e. The van der Waals surface area contributed by atoms with E-state index in [-0.39, 0.29) is 43.3 Å². The third-order valence-corrected chi connectivity index (χ3v) is 5.71. The zero-order chi connectivity index (χ0) is 20.4. The summed E-state index contributed by atoms with van der Waals surface area (Å²) in [7, 11) is 1.69. The SMILES string of the molecule is Cc1cc(C(=O)CCC(=O)OCC(=O)c2ccc3c(c2)CC(=O)N3C)c(C)s1. The molecule has 2 heterocycles. The number of Topliss-reactive ketones (excluding diaryl/α,β-unsaturated/α-hetero) is 2. The van der Waals surface area contributed by atoms with Crippen molar-refractivity contribution in [3.63, 3.8) is 0 Å². The minimum atomic E-state index is -0.581. The molecule has 0 spiro atoms. The molecular weight excluding hydrogens is 378 g/mol. The number of carbonyl (C=O) groups excluding carboxylic acids is 4. The Kier molecular flexibility index (Phi) is 5.74. The molecule has 0 saturated heterocycles. The lowest BCUT2D eigenvalue weighted by molar-refractivity contribution is -0.142. The highest BCUT2D eigenvalue weighted by molar-refractivity contribution is 7.12. The Labute approximate surface area is 167 Å². The summed E-state index contributed by atoms with van der Waals surface area (Å²) in [5, 5.41) is 0. The van der Waals surface area contributed by atoms with Crippen LogP contribution >= 0.6 is 11.3 Å². The first kappa shape index (κ1) is 19.9. The van der Waals surface area contributed by atoms with Gasteiger partial charge >= 0.3 is 5.97 Å². The smallest absolute Gasteiger partial charge is 0.306 e. The highest BCUT2D eigenvalue weighted by Gasteiger charge is 2.25. The van der Waals surface area contributed by atoms with E-state index in [1.165, 1.54) is 0 Å². The molecule has 3 rings (SSSR count). The minimum Gasteiger partial charge on any atom is -0.457 e. The molecule has 0 atom stereocenters. The van der Waals surface area contributed by atoms with E-state index < -0.39 is 5.97 Å². The zero-order valence-electron chi connectivity index (χ0n) is 16.0. The molecule has 0 N–H and O–H groups in total. The lowest BCUT2D eigenvalue weighted by Gasteiger charge is -2.10. The number of anilines is 1. The number of nitrogens with zero attached hydrogens (tertiary/aromatic N) is 1. The van der Waals surface area contributed by atoms with Crippen molar-refractivity contribution in [1.29, 1.82) is 0 Å². The van der Waals surface area contributed by atoms with Crippen molar-refractivity contribution < 1.29 is 23.9 Å². The molecule has 0 saturated carbocycles. The first-order chi connectivity index (χ1) is 13.3. The number of hydrogen-bond acceptors (Lipinski definition) is 6. The van der Waals surface area contributed by atoms with Crippen molar-refractivity contribution in [1.82, 2.24) is 0 Å². The molecule has 1 amide bonds. The van der Waals surface area contributed by atoms with Gasteiger partial charge in [0.05, 0.1) is 12.8 Å². The molecule has 0 unspecified atom stereocenters. The third kappa shape index (κ3) is 4.20. The van der Waals surface area contributed by atoms with E-state index in [9.17, 15) is 19.2 Å². The number of benzene rings is 1. The number of ether oxygens (including phenoxy) is 1. The van der Waals surface area contributed by atoms with Crippen molar-refractivity contribution in [2.75, 3.05) is 18.6 Å². The lowest BCUT2D eigenvalue weighted by atomic mass is 10.1. The van der Waals surface area contributed by atoms with Gasteiger partial charge in [0.2, 0.25) is 5.91 Å². The Bertz CT molecular complexity index is 975. The number of thiophene rings is 1. The number of aryl methyl sites for hydroxylation is 2. The van der Waals surface area contributed by atoms with Crippen LogP contribution in [0.4, 0.5) is 5.69 Å². The Balaban J connectivity index is 1.50. The van der Waals surface area contributed by atoms with E-state index in [1.807, 2.05) is 19.9 Å². The predicted molar refractivity (Wildman–Crippen MR) is 106 cm³/mol. The summed E-state index contributed by atoms with van der Waals surface area (Å²) in [4.78, 5) is 51.7. The summed E-state index contributed by atoms with van der Waals surface area (Å²) in [6.45, 7) is 3.43. The maximum absolute atomic E-state index is 12.3. The molecule has 0 bridgehead atoms. The van der Waals surface area contributed by atoms with Gasteiger partial charge in [-0.25, -0.2) is 0 Å². The van der Waals surface area contributed by atoms with Gasteiger partial charge in [0.15, 0.2) is 18.2 Å². The Morgan fingerprint density at radius 3 is 2.54 bits per heavy atom. The molecule has 146 valence electrons. The lowest BCUT2D eigenvalue weighted by Crippen LogP contribution is -2.20. The second kappa shape index (κ2) is 8.06. The molecule has 0 fully saturated rings. The molecule has 1 aliphatic rings. The number of likely N-dealkylation sites (N-methyl/N-ethyl adjacent to an activating group) is 1. The van der Waals surface area contributed by atoms with Crippen LogP contribution in [-0.2, 0) is 20.7 Å². The van der Waals surface area contributed by atoms with Crippen LogP contribution in [0, 0.1) is 13.8 Å². The highest BCUT2D eigenvalue weighted by atomic mass is 32.1. The molecule has 1 aromatic heterocycles. The average Bonchev–Trinajstić information content (AvgIpc) is 3.15. The van der Waals surface area contributed by atoms with E-state index in [1.54, 1.807) is 41.5 Å². The van der Waals surface area contributed by atoms with Gasteiger partial charge in [0.1, 0.15) is 0 Å². The van der Waals surface area contributed by atoms with E-state index in [0.717, 1.165) is 21.0 Å². The molecule has 0 radical (unpaired) electrons. The Morgan fingerprint density at radius 1 is 1.11 bits per heavy atom. The van der Waals surface area contributed by atoms with Crippen LogP contribution in [0.25, 0.3) is 0 Å². The fourth-order valence-corrected chi connectivity index (χ4v) is 4.15. The molecule has 2 aromatic rings. The summed E-state index contributed by atoms with van der Waals surface area (Å²) in [5.41, 5.74) is 2.62. The number of fused-ring (bicyclic) bond motifs is 1. The van der Waals surface area contributed by atoms with Crippen molar-refractivity contribution in [3.8, 4) is 0 Å². The number of amides is 1. The van der Waals surface area contributed by atoms with Gasteiger partial charge in [0.25, 0.3) is 0 Å². The normalized spacial score (nSPS) is 12.8. The summed E-state index contributed by atoms with van der Waals surface area (Å²) < 4.78 is 5.03. The first-order valence-electron chi connectivity index (χ1n) is 8.95. The molecule has 6 nitrogen and oxygen atoms in total. The number of esters is 1. The molecule has 1 aromatic carbocycles. The van der Waals surface area contributed by atoms with E-state index in [2.05, 4.69) is 0 Å². The second-order valence-electron chi connectivity index (χ2n) is 6.81. The Morgan fingerprint density at radius 2 is 1.86 bits per heavy atom. The quantitative estimate of drug-likeness (QED) is 0.527. The standard InChI is InChI=1S/C21H21NO5S/c1-12-8-16(13(2)28-12)18(23)6-7-21(26)27-11-19(24)14-4-5-17-15(9-14)10-20(25)22(17)3/h4-5,8-9H,6-7,10-11H2,1-3H3. The molecule has 0 aliphatic carbocycles. The van der Waals surface area contributed by atoms with Crippen LogP contribution < -0.4 is 4.90 Å². The average molecular weight is 399 g/mol. The van der Waals surface area contributed by atoms with Gasteiger partial charge in [-0.1, -0.05) is 0 Å². The van der Waals surface area contributed by atoms with Gasteiger partial charge in [-0.15, -0.1) is 11.3 Å². The monoisotopic (exact) mass is 399 g/mol. The molecule has 1 aliphatic heterocycles. The fraction of sp³-hybridized carbons (Fsp3) is 0.333. The van der Waals surface area contributed by atoms with Gasteiger partial charge < -0.3 is 9.64 Å². The maximum Gasteiger partial charge on any atom is 0.306 e. The van der Waals surface area contributed by atoms with Gasteiger partial charge in [0, 0.05) is 40.0 Å². The number of rotatable bonds is 7. The van der Waals surface area contributed by atoms with E-state index in [4.69, 9.17) is 4.74 Å². The van der Waals surface area contributed by atoms with Crippen LogP contribution in [-0.4, -0.2) is 37.1 Å². The van der Waals surface area contributed by atoms with E-state index >= 15 is 0 Å². The van der Waals surface area contributed by atoms with Crippen LogP contribution in [0.3, 0.4) is 0 Å². The minimum absolute atomic E-state index is 0.0215. The molecule has 28 heavy (non-hydrogen) atoms. The van der Waals surface area contributed by atoms with Gasteiger partial charge in [-0.3, -0.25) is 19.2 Å². The van der Waals surface area contributed by atoms with Crippen LogP contribution in [0.15, 0.2) is 24.3 Å². The van der Waals surface area contributed by atoms with Crippen molar-refractivity contribution >= 4 is 40.5 Å². The first-order valence-corrected chi connectivity index (χ1v) is 9.76. The highest BCUT2D eigenvalue weighted by Crippen LogP contribution is 2.28. The zero-order valence-corrected chi connectivity index (χ0v) is 16.9. The Hall–Kier alpha value is -2.80. The topological polar surface area (TPSA) is 80.8 Å². The number of ketones is 2. The van der Waals surface area contributed by atoms with Crippen molar-refractivity contribution in [3.05, 3.63) is 50.7 Å². The maximum atomic E-state index is 12.3. The molecular formula is C21H21NO5S. The van der Waals surface area contributed by atoms with E-state index in [0.29, 0.717) is 11.1 Å². The summed E-state index contributed by atoms with van der Waals surface area (Å²) >= 11 is 1.55. The van der Waals surface area contributed by atoms with Gasteiger partial charge in [-0.05, 0) is 43.7 Å². The summed E-state index contributed by atoms with van der Waals surface area (Å²) in [6, 6.07) is 6.83. The van der Waals surface area contributed by atoms with Crippen LogP contribution in [0.5, 0.6) is 0 Å². The summed E-state index contributed by atoms with van der Waals surface area (Å²) in [5.74, 6) is -1.04. The number of carbonyl (C=O) groups is 4. The van der Waals surface area contributed by atoms with Crippen molar-refractivity contribution in [2.45, 2.75) is 33.1 Å². The van der Waals surface area contributed by atoms with Gasteiger partial charge in [-0.2, -0.15) is 0 Å². The molecule has 7 heteroatoms. The second-order valence-corrected chi connectivity index (χ2v) is 8.27. The number of hydrogen-bond donors (Lipinski definition) is 0. The van der Waals surface area contributed by atoms with Crippen LogP contribution in [0.2, 0.25) is 0 Å².